The van der Waals surface area contributed by atoms with E-state index >= 15 is 0 Å². The summed E-state index contributed by atoms with van der Waals surface area (Å²) in [6, 6.07) is 5.86. The number of carbonyl (C=O) groups excluding carboxylic acids is 1. The SMILES string of the molecule is CC(C)[C@@H](Nc1nc(Nc2cncc(-n3cccn3)c2)c(C#N)cc1F)[C@H](C)NC(=O)OC(C)(C)C. The fourth-order valence-electron chi connectivity index (χ4n) is 3.56. The number of halogens is 1. The monoisotopic (exact) mass is 494 g/mol. The lowest BCUT2D eigenvalue weighted by atomic mass is 9.97. The summed E-state index contributed by atoms with van der Waals surface area (Å²) in [7, 11) is 0. The van der Waals surface area contributed by atoms with Gasteiger partial charge in [-0.1, -0.05) is 13.8 Å². The summed E-state index contributed by atoms with van der Waals surface area (Å²) in [5.74, 6) is -0.575. The average Bonchev–Trinajstić information content (AvgIpc) is 3.32. The van der Waals surface area contributed by atoms with Crippen LogP contribution in [0, 0.1) is 23.1 Å². The van der Waals surface area contributed by atoms with E-state index in [4.69, 9.17) is 4.74 Å². The van der Waals surface area contributed by atoms with Gasteiger partial charge in [0.2, 0.25) is 0 Å². The van der Waals surface area contributed by atoms with Crippen LogP contribution in [-0.2, 0) is 4.74 Å². The van der Waals surface area contributed by atoms with Crippen molar-refractivity contribution in [1.82, 2.24) is 25.1 Å². The number of hydrogen-bond donors (Lipinski definition) is 3. The number of nitrogens with zero attached hydrogens (tertiary/aromatic N) is 5. The van der Waals surface area contributed by atoms with Crippen LogP contribution in [0.1, 0.15) is 47.1 Å². The van der Waals surface area contributed by atoms with Crippen LogP contribution in [0.25, 0.3) is 5.69 Å². The molecule has 0 unspecified atom stereocenters. The minimum absolute atomic E-state index is 0.00172. The quantitative estimate of drug-likeness (QED) is 0.408. The van der Waals surface area contributed by atoms with Crippen LogP contribution in [0.5, 0.6) is 0 Å². The minimum Gasteiger partial charge on any atom is -0.444 e. The fraction of sp³-hybridized carbons (Fsp3) is 0.400. The molecule has 2 atom stereocenters. The number of amides is 1. The van der Waals surface area contributed by atoms with Gasteiger partial charge in [-0.25, -0.2) is 18.9 Å². The molecule has 0 saturated carbocycles. The molecule has 0 aliphatic heterocycles. The van der Waals surface area contributed by atoms with Gasteiger partial charge in [-0.2, -0.15) is 10.4 Å². The maximum Gasteiger partial charge on any atom is 0.407 e. The largest absolute Gasteiger partial charge is 0.444 e. The predicted octanol–water partition coefficient (Wildman–Crippen LogP) is 4.77. The minimum atomic E-state index is -0.685. The highest BCUT2D eigenvalue weighted by Gasteiger charge is 2.26. The van der Waals surface area contributed by atoms with Crippen LogP contribution in [0.2, 0.25) is 0 Å². The van der Waals surface area contributed by atoms with E-state index in [1.807, 2.05) is 19.9 Å². The Morgan fingerprint density at radius 3 is 2.56 bits per heavy atom. The van der Waals surface area contributed by atoms with Gasteiger partial charge in [0.15, 0.2) is 17.5 Å². The lowest BCUT2D eigenvalue weighted by Gasteiger charge is -2.31. The van der Waals surface area contributed by atoms with Crippen LogP contribution < -0.4 is 16.0 Å². The van der Waals surface area contributed by atoms with Crippen molar-refractivity contribution < 1.29 is 13.9 Å². The number of alkyl carbamates (subject to hydrolysis) is 1. The predicted molar refractivity (Wildman–Crippen MR) is 135 cm³/mol. The zero-order valence-electron chi connectivity index (χ0n) is 21.2. The van der Waals surface area contributed by atoms with Crippen molar-refractivity contribution in [2.45, 2.75) is 59.2 Å². The van der Waals surface area contributed by atoms with Crippen molar-refractivity contribution in [2.75, 3.05) is 10.6 Å². The Labute approximate surface area is 209 Å². The standard InChI is InChI=1S/C25H31FN8O2/c1-15(2)21(16(3)30-24(35)36-25(4,5)6)32-23-20(26)10-17(12-27)22(33-23)31-18-11-19(14-28-13-18)34-9-7-8-29-34/h7-11,13-16,21H,1-6H3,(H,30,35)(H2,31,32,33)/t16-,21+/m0/s1. The summed E-state index contributed by atoms with van der Waals surface area (Å²) in [5.41, 5.74) is 0.634. The summed E-state index contributed by atoms with van der Waals surface area (Å²) >= 11 is 0. The first-order chi connectivity index (χ1) is 17.0. The van der Waals surface area contributed by atoms with Gasteiger partial charge in [0, 0.05) is 24.5 Å². The number of carbonyl (C=O) groups is 1. The number of anilines is 3. The molecule has 190 valence electrons. The topological polar surface area (TPSA) is 130 Å². The van der Waals surface area contributed by atoms with Gasteiger partial charge in [-0.3, -0.25) is 4.98 Å². The van der Waals surface area contributed by atoms with Crippen LogP contribution in [0.3, 0.4) is 0 Å². The second-order valence-corrected chi connectivity index (χ2v) is 9.68. The first-order valence-electron chi connectivity index (χ1n) is 11.6. The molecule has 3 heterocycles. The van der Waals surface area contributed by atoms with Crippen LogP contribution in [-0.4, -0.2) is 43.5 Å². The molecule has 0 fully saturated rings. The van der Waals surface area contributed by atoms with E-state index in [2.05, 4.69) is 31.0 Å². The third kappa shape index (κ3) is 6.91. The van der Waals surface area contributed by atoms with Gasteiger partial charge in [-0.15, -0.1) is 0 Å². The molecule has 11 heteroatoms. The summed E-state index contributed by atoms with van der Waals surface area (Å²) in [6.07, 6.45) is 6.06. The molecular weight excluding hydrogens is 463 g/mol. The lowest BCUT2D eigenvalue weighted by molar-refractivity contribution is 0.0500. The highest BCUT2D eigenvalue weighted by atomic mass is 19.1. The average molecular weight is 495 g/mol. The molecule has 3 aromatic rings. The molecule has 0 aliphatic carbocycles. The number of ether oxygens (including phenoxy) is 1. The fourth-order valence-corrected chi connectivity index (χ4v) is 3.56. The molecule has 0 saturated heterocycles. The number of hydrogen-bond acceptors (Lipinski definition) is 8. The van der Waals surface area contributed by atoms with Gasteiger partial charge in [0.1, 0.15) is 11.7 Å². The van der Waals surface area contributed by atoms with E-state index in [9.17, 15) is 14.4 Å². The van der Waals surface area contributed by atoms with E-state index < -0.39 is 23.6 Å². The van der Waals surface area contributed by atoms with Gasteiger partial charge in [0.05, 0.1) is 29.3 Å². The molecule has 0 bridgehead atoms. The summed E-state index contributed by atoms with van der Waals surface area (Å²) in [4.78, 5) is 20.8. The first kappa shape index (κ1) is 26.4. The zero-order valence-corrected chi connectivity index (χ0v) is 21.2. The Morgan fingerprint density at radius 1 is 1.19 bits per heavy atom. The number of nitriles is 1. The second kappa shape index (κ2) is 11.0. The molecule has 0 spiro atoms. The molecule has 10 nitrogen and oxygen atoms in total. The van der Waals surface area contributed by atoms with E-state index in [1.54, 1.807) is 69.3 Å². The number of aromatic nitrogens is 4. The van der Waals surface area contributed by atoms with Gasteiger partial charge >= 0.3 is 6.09 Å². The van der Waals surface area contributed by atoms with Crippen molar-refractivity contribution >= 4 is 23.4 Å². The highest BCUT2D eigenvalue weighted by molar-refractivity contribution is 5.68. The van der Waals surface area contributed by atoms with Gasteiger partial charge in [0.25, 0.3) is 0 Å². The molecule has 3 aromatic heterocycles. The first-order valence-corrected chi connectivity index (χ1v) is 11.6. The Bertz CT molecular complexity index is 1230. The zero-order chi connectivity index (χ0) is 26.5. The Balaban J connectivity index is 1.84. The number of nitrogens with one attached hydrogen (secondary N) is 3. The second-order valence-electron chi connectivity index (χ2n) is 9.68. The molecular formula is C25H31FN8O2. The van der Waals surface area contributed by atoms with Crippen molar-refractivity contribution in [1.29, 1.82) is 5.26 Å². The number of rotatable bonds is 8. The van der Waals surface area contributed by atoms with Crippen molar-refractivity contribution in [3.63, 3.8) is 0 Å². The molecule has 0 aliphatic rings. The molecule has 3 N–H and O–H groups in total. The molecule has 0 radical (unpaired) electrons. The Morgan fingerprint density at radius 2 is 1.94 bits per heavy atom. The van der Waals surface area contributed by atoms with Crippen molar-refractivity contribution in [3.8, 4) is 11.8 Å². The van der Waals surface area contributed by atoms with Crippen molar-refractivity contribution in [2.24, 2.45) is 5.92 Å². The maximum atomic E-state index is 14.9. The Hall–Kier alpha value is -4.20. The van der Waals surface area contributed by atoms with E-state index in [1.165, 1.54) is 0 Å². The van der Waals surface area contributed by atoms with E-state index in [-0.39, 0.29) is 29.2 Å². The smallest absolute Gasteiger partial charge is 0.407 e. The van der Waals surface area contributed by atoms with Crippen LogP contribution >= 0.6 is 0 Å². The third-order valence-electron chi connectivity index (χ3n) is 5.16. The molecule has 0 aromatic carbocycles. The summed E-state index contributed by atoms with van der Waals surface area (Å²) in [6.45, 7) is 11.0. The van der Waals surface area contributed by atoms with Gasteiger partial charge in [-0.05, 0) is 51.8 Å². The van der Waals surface area contributed by atoms with Gasteiger partial charge < -0.3 is 20.7 Å². The van der Waals surface area contributed by atoms with E-state index in [0.29, 0.717) is 11.4 Å². The lowest BCUT2D eigenvalue weighted by Crippen LogP contribution is -2.49. The molecule has 36 heavy (non-hydrogen) atoms. The molecule has 1 amide bonds. The number of pyridine rings is 2. The van der Waals surface area contributed by atoms with Crippen molar-refractivity contribution in [3.05, 3.63) is 54.4 Å². The van der Waals surface area contributed by atoms with Crippen LogP contribution in [0.4, 0.5) is 26.5 Å². The Kier molecular flexibility index (Phi) is 8.09. The normalized spacial score (nSPS) is 13.0. The highest BCUT2D eigenvalue weighted by Crippen LogP contribution is 2.26. The van der Waals surface area contributed by atoms with E-state index in [0.717, 1.165) is 6.07 Å². The molecule has 3 rings (SSSR count). The van der Waals surface area contributed by atoms with Crippen LogP contribution in [0.15, 0.2) is 43.0 Å². The summed E-state index contributed by atoms with van der Waals surface area (Å²) < 4.78 is 21.9. The maximum absolute atomic E-state index is 14.9. The third-order valence-corrected chi connectivity index (χ3v) is 5.16. The summed E-state index contributed by atoms with van der Waals surface area (Å²) in [5, 5.41) is 22.7.